The molecule has 1 fully saturated rings. The Morgan fingerprint density at radius 1 is 1.16 bits per heavy atom. The average molecular weight is 458 g/mol. The molecule has 3 heterocycles. The van der Waals surface area contributed by atoms with Crippen LogP contribution in [0.2, 0.25) is 0 Å². The van der Waals surface area contributed by atoms with Crippen LogP contribution in [0, 0.1) is 6.92 Å². The van der Waals surface area contributed by atoms with E-state index in [1.54, 1.807) is 37.4 Å². The summed E-state index contributed by atoms with van der Waals surface area (Å²) in [5.41, 5.74) is 1.58. The molecule has 1 aromatic carbocycles. The number of hydrogen-bond acceptors (Lipinski definition) is 7. The van der Waals surface area contributed by atoms with Crippen LogP contribution in [0.3, 0.4) is 0 Å². The molecule has 1 aliphatic rings. The highest BCUT2D eigenvalue weighted by molar-refractivity contribution is 7.91. The second-order valence-corrected chi connectivity index (χ2v) is 9.43. The lowest BCUT2D eigenvalue weighted by atomic mass is 10.1. The van der Waals surface area contributed by atoms with Gasteiger partial charge in [-0.05, 0) is 49.9 Å². The Bertz CT molecular complexity index is 1260. The minimum Gasteiger partial charge on any atom is -0.359 e. The van der Waals surface area contributed by atoms with E-state index in [-0.39, 0.29) is 22.2 Å². The normalized spacial score (nSPS) is 14.3. The number of piperidine rings is 1. The number of alkyl carbamates (subject to hydrolysis) is 1. The molecule has 0 radical (unpaired) electrons. The summed E-state index contributed by atoms with van der Waals surface area (Å²) in [7, 11) is -4.01. The predicted molar refractivity (Wildman–Crippen MR) is 115 cm³/mol. The minimum atomic E-state index is -4.01. The molecule has 3 aromatic rings. The maximum absolute atomic E-state index is 13.3. The third kappa shape index (κ3) is 4.57. The zero-order valence-corrected chi connectivity index (χ0v) is 18.3. The van der Waals surface area contributed by atoms with Gasteiger partial charge in [-0.2, -0.15) is 0 Å². The molecule has 0 atom stereocenters. The lowest BCUT2D eigenvalue weighted by molar-refractivity contribution is 0.111. The van der Waals surface area contributed by atoms with Crippen LogP contribution in [-0.2, 0) is 21.1 Å². The van der Waals surface area contributed by atoms with Crippen LogP contribution in [0.25, 0.3) is 11.2 Å². The highest BCUT2D eigenvalue weighted by atomic mass is 32.2. The SMILES string of the molecule is Cc1cccc(S(=O)(=O)c2nc3[nH]ccc3nc2CNC(=O)OC(=O)N2CCCCC2)c1. The van der Waals surface area contributed by atoms with Gasteiger partial charge >= 0.3 is 12.2 Å². The van der Waals surface area contributed by atoms with Crippen molar-refractivity contribution < 1.29 is 22.7 Å². The summed E-state index contributed by atoms with van der Waals surface area (Å²) in [6, 6.07) is 8.10. The predicted octanol–water partition coefficient (Wildman–Crippen LogP) is 2.93. The fourth-order valence-corrected chi connectivity index (χ4v) is 4.99. The van der Waals surface area contributed by atoms with Gasteiger partial charge in [-0.15, -0.1) is 0 Å². The van der Waals surface area contributed by atoms with Gasteiger partial charge in [0.2, 0.25) is 9.84 Å². The molecule has 0 bridgehead atoms. The van der Waals surface area contributed by atoms with Crippen molar-refractivity contribution in [3.8, 4) is 0 Å². The number of fused-ring (bicyclic) bond motifs is 1. The second-order valence-electron chi connectivity index (χ2n) is 7.56. The number of nitrogens with zero attached hydrogens (tertiary/aromatic N) is 3. The Kier molecular flexibility index (Phi) is 6.08. The van der Waals surface area contributed by atoms with E-state index >= 15 is 0 Å². The lowest BCUT2D eigenvalue weighted by Gasteiger charge is -2.25. The lowest BCUT2D eigenvalue weighted by Crippen LogP contribution is -2.39. The molecule has 0 spiro atoms. The number of aromatic nitrogens is 3. The van der Waals surface area contributed by atoms with Gasteiger partial charge < -0.3 is 19.9 Å². The molecule has 0 saturated carbocycles. The quantitative estimate of drug-likeness (QED) is 0.575. The summed E-state index contributed by atoms with van der Waals surface area (Å²) in [4.78, 5) is 37.3. The number of ether oxygens (including phenoxy) is 1. The van der Waals surface area contributed by atoms with Gasteiger partial charge in [-0.3, -0.25) is 0 Å². The standard InChI is InChI=1S/C21H23N5O5S/c1-14-6-5-7-15(12-14)32(29,30)19-17(24-16-8-9-22-18(16)25-19)13-23-20(27)31-21(28)26-10-3-2-4-11-26/h5-9,12H,2-4,10-11,13H2,1H3,(H,22,25)(H,23,27). The number of likely N-dealkylation sites (tertiary alicyclic amines) is 1. The maximum atomic E-state index is 13.3. The molecule has 2 amide bonds. The number of aryl methyl sites for hydroxylation is 1. The van der Waals surface area contributed by atoms with Crippen molar-refractivity contribution in [2.75, 3.05) is 13.1 Å². The number of rotatable bonds is 4. The number of sulfone groups is 1. The molecule has 1 aliphatic heterocycles. The number of carbonyl (C=O) groups is 2. The molecule has 0 aliphatic carbocycles. The summed E-state index contributed by atoms with van der Waals surface area (Å²) in [5.74, 6) is 0. The van der Waals surface area contributed by atoms with E-state index in [4.69, 9.17) is 4.74 Å². The third-order valence-corrected chi connectivity index (χ3v) is 6.88. The monoisotopic (exact) mass is 457 g/mol. The van der Waals surface area contributed by atoms with Gasteiger partial charge in [-0.1, -0.05) is 12.1 Å². The molecule has 1 saturated heterocycles. The first-order valence-electron chi connectivity index (χ1n) is 10.2. The number of aromatic amines is 1. The van der Waals surface area contributed by atoms with Crippen molar-refractivity contribution in [2.45, 2.75) is 42.7 Å². The van der Waals surface area contributed by atoms with Crippen LogP contribution in [0.5, 0.6) is 0 Å². The Morgan fingerprint density at radius 3 is 2.69 bits per heavy atom. The van der Waals surface area contributed by atoms with E-state index in [9.17, 15) is 18.0 Å². The summed E-state index contributed by atoms with van der Waals surface area (Å²) in [6.45, 7) is 2.60. The number of amides is 2. The van der Waals surface area contributed by atoms with E-state index in [1.807, 2.05) is 0 Å². The van der Waals surface area contributed by atoms with Crippen molar-refractivity contribution in [3.05, 3.63) is 47.8 Å². The van der Waals surface area contributed by atoms with Crippen LogP contribution in [0.4, 0.5) is 9.59 Å². The molecule has 11 heteroatoms. The van der Waals surface area contributed by atoms with Gasteiger partial charge in [0.1, 0.15) is 5.52 Å². The molecular formula is C21H23N5O5S. The topological polar surface area (TPSA) is 134 Å². The average Bonchev–Trinajstić information content (AvgIpc) is 3.25. The highest BCUT2D eigenvalue weighted by Crippen LogP contribution is 2.24. The van der Waals surface area contributed by atoms with Crippen molar-refractivity contribution in [1.82, 2.24) is 25.2 Å². The molecule has 0 unspecified atom stereocenters. The fourth-order valence-electron chi connectivity index (χ4n) is 3.53. The molecule has 4 rings (SSSR count). The van der Waals surface area contributed by atoms with Crippen molar-refractivity contribution >= 4 is 33.2 Å². The third-order valence-electron chi connectivity index (χ3n) is 5.17. The van der Waals surface area contributed by atoms with Gasteiger partial charge in [-0.25, -0.2) is 28.0 Å². The molecular weight excluding hydrogens is 434 g/mol. The van der Waals surface area contributed by atoms with Gasteiger partial charge in [0, 0.05) is 19.3 Å². The number of H-pyrrole nitrogens is 1. The van der Waals surface area contributed by atoms with E-state index in [0.29, 0.717) is 24.3 Å². The molecule has 168 valence electrons. The van der Waals surface area contributed by atoms with Crippen LogP contribution < -0.4 is 5.32 Å². The first-order valence-corrected chi connectivity index (χ1v) is 11.7. The molecule has 2 aromatic heterocycles. The van der Waals surface area contributed by atoms with E-state index < -0.39 is 22.0 Å². The summed E-state index contributed by atoms with van der Waals surface area (Å²) in [5, 5.41) is 2.14. The zero-order valence-electron chi connectivity index (χ0n) is 17.5. The van der Waals surface area contributed by atoms with E-state index in [2.05, 4.69) is 20.3 Å². The first kappa shape index (κ1) is 21.8. The molecule has 32 heavy (non-hydrogen) atoms. The van der Waals surface area contributed by atoms with Crippen molar-refractivity contribution in [3.63, 3.8) is 0 Å². The first-order chi connectivity index (χ1) is 15.3. The minimum absolute atomic E-state index is 0.0426. The Hall–Kier alpha value is -3.47. The van der Waals surface area contributed by atoms with Gasteiger partial charge in [0.05, 0.1) is 17.1 Å². The van der Waals surface area contributed by atoms with Crippen molar-refractivity contribution in [2.24, 2.45) is 0 Å². The van der Waals surface area contributed by atoms with Crippen LogP contribution >= 0.6 is 0 Å². The summed E-state index contributed by atoms with van der Waals surface area (Å²) < 4.78 is 31.4. The van der Waals surface area contributed by atoms with Gasteiger partial charge in [0.25, 0.3) is 0 Å². The zero-order chi connectivity index (χ0) is 22.7. The highest BCUT2D eigenvalue weighted by Gasteiger charge is 2.27. The Balaban J connectivity index is 1.57. The van der Waals surface area contributed by atoms with E-state index in [0.717, 1.165) is 24.8 Å². The van der Waals surface area contributed by atoms with Crippen molar-refractivity contribution in [1.29, 1.82) is 0 Å². The number of hydrogen-bond donors (Lipinski definition) is 2. The van der Waals surface area contributed by atoms with Crippen LogP contribution in [0.1, 0.15) is 30.5 Å². The number of carbonyl (C=O) groups excluding carboxylic acids is 2. The fraction of sp³-hybridized carbons (Fsp3) is 0.333. The summed E-state index contributed by atoms with van der Waals surface area (Å²) in [6.07, 6.45) is 2.66. The van der Waals surface area contributed by atoms with Gasteiger partial charge in [0.15, 0.2) is 10.7 Å². The number of benzene rings is 1. The number of nitrogens with one attached hydrogen (secondary N) is 2. The Morgan fingerprint density at radius 2 is 1.94 bits per heavy atom. The van der Waals surface area contributed by atoms with Crippen LogP contribution in [0.15, 0.2) is 46.5 Å². The molecule has 2 N–H and O–H groups in total. The Labute approximate surface area is 184 Å². The maximum Gasteiger partial charge on any atom is 0.418 e. The summed E-state index contributed by atoms with van der Waals surface area (Å²) >= 11 is 0. The molecule has 10 nitrogen and oxygen atoms in total. The largest absolute Gasteiger partial charge is 0.418 e. The second kappa shape index (κ2) is 8.95. The van der Waals surface area contributed by atoms with E-state index in [1.165, 1.54) is 11.0 Å². The smallest absolute Gasteiger partial charge is 0.359 e. The van der Waals surface area contributed by atoms with Crippen LogP contribution in [-0.4, -0.2) is 53.5 Å².